The summed E-state index contributed by atoms with van der Waals surface area (Å²) in [4.78, 5) is 11.5. The lowest BCUT2D eigenvalue weighted by Crippen LogP contribution is -2.22. The molecule has 16 heavy (non-hydrogen) atoms. The molecule has 2 N–H and O–H groups in total. The van der Waals surface area contributed by atoms with Gasteiger partial charge in [-0.15, -0.1) is 0 Å². The molecule has 2 rings (SSSR count). The van der Waals surface area contributed by atoms with E-state index in [0.29, 0.717) is 0 Å². The fourth-order valence-corrected chi connectivity index (χ4v) is 3.39. The van der Waals surface area contributed by atoms with Gasteiger partial charge in [-0.3, -0.25) is 4.79 Å². The minimum atomic E-state index is -3.53. The van der Waals surface area contributed by atoms with E-state index in [-0.39, 0.29) is 22.1 Å². The first kappa shape index (κ1) is 10.9. The third kappa shape index (κ3) is 1.65. The van der Waals surface area contributed by atoms with Crippen LogP contribution in [0.3, 0.4) is 0 Å². The van der Waals surface area contributed by atoms with Gasteiger partial charge in [-0.05, 0) is 12.1 Å². The molecule has 0 aliphatic carbocycles. The molecule has 0 aromatic heterocycles. The largest absolute Gasteiger partial charge is 0.506 e. The first-order valence-electron chi connectivity index (χ1n) is 4.77. The predicted octanol–water partition coefficient (Wildman–Crippen LogP) is 0.754. The van der Waals surface area contributed by atoms with Crippen LogP contribution < -0.4 is 5.32 Å². The Morgan fingerprint density at radius 2 is 2.12 bits per heavy atom. The maximum absolute atomic E-state index is 11.9. The average Bonchev–Trinajstić information content (AvgIpc) is 2.26. The number of phenolic OH excluding ortho intramolecular Hbond substituents is 1. The van der Waals surface area contributed by atoms with Crippen LogP contribution in [0.2, 0.25) is 0 Å². The van der Waals surface area contributed by atoms with E-state index in [1.807, 2.05) is 0 Å². The van der Waals surface area contributed by atoms with E-state index in [0.717, 1.165) is 0 Å². The highest BCUT2D eigenvalue weighted by Crippen LogP contribution is 2.34. The number of sulfone groups is 1. The van der Waals surface area contributed by atoms with E-state index in [4.69, 9.17) is 0 Å². The molecule has 1 aliphatic rings. The highest BCUT2D eigenvalue weighted by atomic mass is 32.2. The Bertz CT molecular complexity index is 550. The first-order valence-corrected chi connectivity index (χ1v) is 6.42. The van der Waals surface area contributed by atoms with Gasteiger partial charge < -0.3 is 10.4 Å². The number of nitrogens with one attached hydrogen (secondary N) is 1. The van der Waals surface area contributed by atoms with E-state index in [1.165, 1.54) is 25.1 Å². The normalized spacial score (nSPS) is 23.1. The molecular weight excluding hydrogens is 230 g/mol. The maximum Gasteiger partial charge on any atom is 0.228 e. The first-order chi connectivity index (χ1) is 7.42. The van der Waals surface area contributed by atoms with E-state index in [2.05, 4.69) is 5.32 Å². The number of amides is 1. The molecule has 1 amide bonds. The highest BCUT2D eigenvalue weighted by molar-refractivity contribution is 7.91. The topological polar surface area (TPSA) is 83.5 Å². The molecule has 1 aromatic rings. The molecule has 0 radical (unpaired) electrons. The molecule has 1 unspecified atom stereocenters. The number of hydrogen-bond acceptors (Lipinski definition) is 4. The third-order valence-electron chi connectivity index (χ3n) is 2.50. The number of phenols is 1. The zero-order valence-electron chi connectivity index (χ0n) is 8.60. The van der Waals surface area contributed by atoms with Crippen molar-refractivity contribution in [3.8, 4) is 5.75 Å². The zero-order valence-corrected chi connectivity index (χ0v) is 9.41. The second kappa shape index (κ2) is 3.48. The minimum absolute atomic E-state index is 0.0168. The number of hydrogen-bond donors (Lipinski definition) is 2. The molecule has 0 saturated heterocycles. The molecule has 0 bridgehead atoms. The van der Waals surface area contributed by atoms with E-state index in [1.54, 1.807) is 0 Å². The molecule has 86 valence electrons. The number of rotatable bonds is 0. The van der Waals surface area contributed by atoms with Crippen LogP contribution in [0, 0.1) is 5.92 Å². The molecule has 5 nitrogen and oxygen atoms in total. The van der Waals surface area contributed by atoms with E-state index >= 15 is 0 Å². The number of carbonyl (C=O) groups excluding carboxylic acids is 1. The van der Waals surface area contributed by atoms with Gasteiger partial charge in [0.2, 0.25) is 5.91 Å². The Hall–Kier alpha value is -1.56. The summed E-state index contributed by atoms with van der Waals surface area (Å²) in [6.07, 6.45) is 0. The van der Waals surface area contributed by atoms with Gasteiger partial charge in [-0.25, -0.2) is 8.42 Å². The predicted molar refractivity (Wildman–Crippen MR) is 58.0 cm³/mol. The van der Waals surface area contributed by atoms with E-state index in [9.17, 15) is 18.3 Å². The number of benzene rings is 1. The number of carbonyl (C=O) groups is 1. The quantitative estimate of drug-likeness (QED) is 0.657. The van der Waals surface area contributed by atoms with Crippen molar-refractivity contribution in [1.82, 2.24) is 0 Å². The van der Waals surface area contributed by atoms with Crippen LogP contribution in [0.25, 0.3) is 0 Å². The van der Waals surface area contributed by atoms with Crippen LogP contribution in [0.4, 0.5) is 5.69 Å². The SMILES string of the molecule is CC1CS(=O)(=O)c2cccc(O)c2NC1=O. The molecule has 1 aromatic carbocycles. The smallest absolute Gasteiger partial charge is 0.228 e. The number of anilines is 1. The van der Waals surface area contributed by atoms with Crippen LogP contribution >= 0.6 is 0 Å². The van der Waals surface area contributed by atoms with Gasteiger partial charge in [0.25, 0.3) is 0 Å². The Morgan fingerprint density at radius 3 is 2.81 bits per heavy atom. The van der Waals surface area contributed by atoms with Crippen molar-refractivity contribution < 1.29 is 18.3 Å². The van der Waals surface area contributed by atoms with Gasteiger partial charge in [0.1, 0.15) is 11.4 Å². The summed E-state index contributed by atoms with van der Waals surface area (Å²) in [7, 11) is -3.53. The molecule has 0 fully saturated rings. The van der Waals surface area contributed by atoms with Crippen molar-refractivity contribution in [3.05, 3.63) is 18.2 Å². The van der Waals surface area contributed by atoms with Gasteiger partial charge in [-0.1, -0.05) is 13.0 Å². The van der Waals surface area contributed by atoms with Crippen molar-refractivity contribution in [1.29, 1.82) is 0 Å². The lowest BCUT2D eigenvalue weighted by Gasteiger charge is -2.07. The minimum Gasteiger partial charge on any atom is -0.506 e. The van der Waals surface area contributed by atoms with Crippen LogP contribution in [0.5, 0.6) is 5.75 Å². The average molecular weight is 241 g/mol. The van der Waals surface area contributed by atoms with Gasteiger partial charge >= 0.3 is 0 Å². The van der Waals surface area contributed by atoms with Crippen molar-refractivity contribution in [3.63, 3.8) is 0 Å². The summed E-state index contributed by atoms with van der Waals surface area (Å²) < 4.78 is 23.8. The zero-order chi connectivity index (χ0) is 11.9. The second-order valence-electron chi connectivity index (χ2n) is 3.82. The summed E-state index contributed by atoms with van der Waals surface area (Å²) in [6, 6.07) is 4.15. The summed E-state index contributed by atoms with van der Waals surface area (Å²) in [5.41, 5.74) is -0.0168. The summed E-state index contributed by atoms with van der Waals surface area (Å²) in [6.45, 7) is 1.54. The summed E-state index contributed by atoms with van der Waals surface area (Å²) in [5, 5.41) is 12.0. The van der Waals surface area contributed by atoms with Crippen molar-refractivity contribution in [2.45, 2.75) is 11.8 Å². The van der Waals surface area contributed by atoms with Crippen molar-refractivity contribution >= 4 is 21.4 Å². The lowest BCUT2D eigenvalue weighted by molar-refractivity contribution is -0.118. The Labute approximate surface area is 93.0 Å². The Morgan fingerprint density at radius 1 is 1.44 bits per heavy atom. The highest BCUT2D eigenvalue weighted by Gasteiger charge is 2.31. The monoisotopic (exact) mass is 241 g/mol. The van der Waals surface area contributed by atoms with Crippen LogP contribution in [-0.2, 0) is 14.6 Å². The van der Waals surface area contributed by atoms with Gasteiger partial charge in [0.15, 0.2) is 9.84 Å². The van der Waals surface area contributed by atoms with Crippen LogP contribution in [-0.4, -0.2) is 25.2 Å². The summed E-state index contributed by atoms with van der Waals surface area (Å²) >= 11 is 0. The molecule has 1 aliphatic heterocycles. The molecule has 0 spiro atoms. The molecular formula is C10H11NO4S. The van der Waals surface area contributed by atoms with Crippen LogP contribution in [0.15, 0.2) is 23.1 Å². The molecule has 0 saturated carbocycles. The number of para-hydroxylation sites is 1. The Balaban J connectivity index is 2.70. The van der Waals surface area contributed by atoms with Gasteiger partial charge in [0.05, 0.1) is 10.6 Å². The second-order valence-corrected chi connectivity index (χ2v) is 5.82. The Kier molecular flexibility index (Phi) is 2.38. The summed E-state index contributed by atoms with van der Waals surface area (Å²) in [5.74, 6) is -1.50. The molecule has 1 heterocycles. The maximum atomic E-state index is 11.9. The van der Waals surface area contributed by atoms with Gasteiger partial charge in [-0.2, -0.15) is 0 Å². The fourth-order valence-electron chi connectivity index (χ4n) is 1.65. The lowest BCUT2D eigenvalue weighted by atomic mass is 10.2. The molecule has 1 atom stereocenters. The number of aromatic hydroxyl groups is 1. The van der Waals surface area contributed by atoms with Gasteiger partial charge in [0, 0.05) is 5.92 Å². The van der Waals surface area contributed by atoms with Crippen molar-refractivity contribution in [2.75, 3.05) is 11.1 Å². The van der Waals surface area contributed by atoms with E-state index < -0.39 is 21.7 Å². The molecule has 6 heteroatoms. The fraction of sp³-hybridized carbons (Fsp3) is 0.300. The standard InChI is InChI=1S/C10H11NO4S/c1-6-5-16(14,15)8-4-2-3-7(12)9(8)11-10(6)13/h2-4,6,12H,5H2,1H3,(H,11,13). The van der Waals surface area contributed by atoms with Crippen molar-refractivity contribution in [2.24, 2.45) is 5.92 Å². The third-order valence-corrected chi connectivity index (χ3v) is 4.45. The van der Waals surface area contributed by atoms with Crippen LogP contribution in [0.1, 0.15) is 6.92 Å². The number of fused-ring (bicyclic) bond motifs is 1.